The van der Waals surface area contributed by atoms with Crippen molar-refractivity contribution in [3.63, 3.8) is 0 Å². The Bertz CT molecular complexity index is 767. The number of carboxylic acids is 1. The van der Waals surface area contributed by atoms with Crippen LogP contribution in [0, 0.1) is 0 Å². The zero-order valence-corrected chi connectivity index (χ0v) is 13.1. The van der Waals surface area contributed by atoms with Crippen LogP contribution in [0.2, 0.25) is 0 Å². The molecule has 0 radical (unpaired) electrons. The number of aliphatic hydroxyl groups excluding tert-OH is 1. The van der Waals surface area contributed by atoms with Crippen LogP contribution in [0.1, 0.15) is 16.8 Å². The third-order valence-corrected chi connectivity index (χ3v) is 4.73. The molecule has 122 valence electrons. The van der Waals surface area contributed by atoms with Crippen LogP contribution < -0.4 is 4.72 Å². The van der Waals surface area contributed by atoms with E-state index in [0.29, 0.717) is 6.42 Å². The molecule has 2 aromatic rings. The lowest BCUT2D eigenvalue weighted by Gasteiger charge is -2.07. The van der Waals surface area contributed by atoms with E-state index in [1.165, 1.54) is 24.3 Å². The fraction of sp³-hybridized carbons (Fsp3) is 0.188. The van der Waals surface area contributed by atoms with Gasteiger partial charge in [-0.1, -0.05) is 24.3 Å². The second kappa shape index (κ2) is 7.36. The van der Waals surface area contributed by atoms with Crippen LogP contribution in [0.4, 0.5) is 0 Å². The number of sulfonamides is 1. The number of hydrogen-bond acceptors (Lipinski definition) is 4. The van der Waals surface area contributed by atoms with Crippen molar-refractivity contribution in [2.24, 2.45) is 0 Å². The van der Waals surface area contributed by atoms with Crippen molar-refractivity contribution in [2.75, 3.05) is 13.2 Å². The molecule has 0 atom stereocenters. The van der Waals surface area contributed by atoms with Gasteiger partial charge in [0.2, 0.25) is 10.0 Å². The molecule has 0 bridgehead atoms. The van der Waals surface area contributed by atoms with Crippen molar-refractivity contribution < 1.29 is 23.4 Å². The Morgan fingerprint density at radius 3 is 1.96 bits per heavy atom. The standard InChI is InChI=1S/C16H17NO5S/c18-11-1-10-17-23(21,22)15-8-6-13(7-9-15)12-2-4-14(5-3-12)16(19)20/h2-9,17-18H,1,10-11H2,(H,19,20). The SMILES string of the molecule is O=C(O)c1ccc(-c2ccc(S(=O)(=O)NCCCO)cc2)cc1. The lowest BCUT2D eigenvalue weighted by Crippen LogP contribution is -2.25. The van der Waals surface area contributed by atoms with E-state index in [1.54, 1.807) is 24.3 Å². The summed E-state index contributed by atoms with van der Waals surface area (Å²) in [5, 5.41) is 17.5. The van der Waals surface area contributed by atoms with E-state index < -0.39 is 16.0 Å². The maximum absolute atomic E-state index is 12.0. The third kappa shape index (κ3) is 4.38. The average Bonchev–Trinajstić information content (AvgIpc) is 2.55. The number of benzene rings is 2. The van der Waals surface area contributed by atoms with Crippen LogP contribution in [-0.2, 0) is 10.0 Å². The number of aromatic carboxylic acids is 1. The molecule has 6 nitrogen and oxygen atoms in total. The maximum atomic E-state index is 12.0. The van der Waals surface area contributed by atoms with E-state index in [9.17, 15) is 13.2 Å². The summed E-state index contributed by atoms with van der Waals surface area (Å²) in [5.74, 6) is -0.994. The minimum absolute atomic E-state index is 0.0756. The molecule has 7 heteroatoms. The minimum Gasteiger partial charge on any atom is -0.478 e. The van der Waals surface area contributed by atoms with E-state index in [-0.39, 0.29) is 23.6 Å². The van der Waals surface area contributed by atoms with Crippen molar-refractivity contribution in [3.8, 4) is 11.1 Å². The summed E-state index contributed by atoms with van der Waals surface area (Å²) in [5.41, 5.74) is 1.78. The maximum Gasteiger partial charge on any atom is 0.335 e. The molecule has 0 fully saturated rings. The second-order valence-corrected chi connectivity index (χ2v) is 6.65. The number of nitrogens with one attached hydrogen (secondary N) is 1. The summed E-state index contributed by atoms with van der Waals surface area (Å²) < 4.78 is 26.4. The highest BCUT2D eigenvalue weighted by atomic mass is 32.2. The summed E-state index contributed by atoms with van der Waals surface area (Å²) >= 11 is 0. The molecule has 2 rings (SSSR count). The predicted octanol–water partition coefficient (Wildman–Crippen LogP) is 1.71. The molecule has 0 saturated heterocycles. The normalized spacial score (nSPS) is 11.3. The minimum atomic E-state index is -3.59. The lowest BCUT2D eigenvalue weighted by atomic mass is 10.0. The summed E-state index contributed by atoms with van der Waals surface area (Å²) in [4.78, 5) is 11.0. The average molecular weight is 335 g/mol. The van der Waals surface area contributed by atoms with Gasteiger partial charge < -0.3 is 10.2 Å². The van der Waals surface area contributed by atoms with Crippen LogP contribution in [-0.4, -0.2) is 37.8 Å². The van der Waals surface area contributed by atoms with Gasteiger partial charge in [0.1, 0.15) is 0 Å². The van der Waals surface area contributed by atoms with Gasteiger partial charge in [0.05, 0.1) is 10.5 Å². The molecule has 0 unspecified atom stereocenters. The molecule has 0 spiro atoms. The molecule has 3 N–H and O–H groups in total. The molecule has 0 heterocycles. The molecule has 0 aliphatic carbocycles. The Hall–Kier alpha value is -2.22. The number of rotatable bonds is 7. The van der Waals surface area contributed by atoms with Crippen LogP contribution in [0.5, 0.6) is 0 Å². The van der Waals surface area contributed by atoms with E-state index in [2.05, 4.69) is 4.72 Å². The zero-order chi connectivity index (χ0) is 16.9. The van der Waals surface area contributed by atoms with Gasteiger partial charge >= 0.3 is 5.97 Å². The smallest absolute Gasteiger partial charge is 0.335 e. The van der Waals surface area contributed by atoms with Crippen molar-refractivity contribution in [3.05, 3.63) is 54.1 Å². The highest BCUT2D eigenvalue weighted by Gasteiger charge is 2.13. The molecule has 23 heavy (non-hydrogen) atoms. The van der Waals surface area contributed by atoms with Gasteiger partial charge in [-0.15, -0.1) is 0 Å². The fourth-order valence-electron chi connectivity index (χ4n) is 2.00. The molecule has 0 aliphatic heterocycles. The number of carbonyl (C=O) groups is 1. The first-order chi connectivity index (χ1) is 10.9. The molecular weight excluding hydrogens is 318 g/mol. The Balaban J connectivity index is 2.17. The van der Waals surface area contributed by atoms with Gasteiger partial charge in [-0.05, 0) is 41.8 Å². The summed E-state index contributed by atoms with van der Waals surface area (Å²) in [6.45, 7) is 0.102. The molecule has 0 aliphatic rings. The Morgan fingerprint density at radius 1 is 0.957 bits per heavy atom. The first kappa shape index (κ1) is 17.1. The van der Waals surface area contributed by atoms with Crippen LogP contribution in [0.25, 0.3) is 11.1 Å². The first-order valence-corrected chi connectivity index (χ1v) is 8.46. The highest BCUT2D eigenvalue weighted by molar-refractivity contribution is 7.89. The van der Waals surface area contributed by atoms with Crippen LogP contribution >= 0.6 is 0 Å². The van der Waals surface area contributed by atoms with Crippen LogP contribution in [0.15, 0.2) is 53.4 Å². The summed E-state index contributed by atoms with van der Waals surface area (Å²) in [7, 11) is -3.59. The fourth-order valence-corrected chi connectivity index (χ4v) is 3.07. The molecule has 0 aromatic heterocycles. The third-order valence-electron chi connectivity index (χ3n) is 3.26. The quantitative estimate of drug-likeness (QED) is 0.668. The topological polar surface area (TPSA) is 104 Å². The van der Waals surface area contributed by atoms with Crippen molar-refractivity contribution >= 4 is 16.0 Å². The van der Waals surface area contributed by atoms with E-state index in [4.69, 9.17) is 10.2 Å². The van der Waals surface area contributed by atoms with Gasteiger partial charge in [0.15, 0.2) is 0 Å². The van der Waals surface area contributed by atoms with E-state index in [1.807, 2.05) is 0 Å². The van der Waals surface area contributed by atoms with Crippen LogP contribution in [0.3, 0.4) is 0 Å². The number of carboxylic acid groups (broad SMARTS) is 1. The predicted molar refractivity (Wildman–Crippen MR) is 85.7 cm³/mol. The Morgan fingerprint density at radius 2 is 1.48 bits per heavy atom. The number of aliphatic hydroxyl groups is 1. The Kier molecular flexibility index (Phi) is 5.49. The largest absolute Gasteiger partial charge is 0.478 e. The van der Waals surface area contributed by atoms with Gasteiger partial charge in [-0.2, -0.15) is 0 Å². The number of hydrogen-bond donors (Lipinski definition) is 3. The van der Waals surface area contributed by atoms with Crippen molar-refractivity contribution in [1.82, 2.24) is 4.72 Å². The Labute approximate surface area is 134 Å². The monoisotopic (exact) mass is 335 g/mol. The van der Waals surface area contributed by atoms with Crippen molar-refractivity contribution in [1.29, 1.82) is 0 Å². The lowest BCUT2D eigenvalue weighted by molar-refractivity contribution is 0.0697. The van der Waals surface area contributed by atoms with Crippen molar-refractivity contribution in [2.45, 2.75) is 11.3 Å². The molecule has 2 aromatic carbocycles. The first-order valence-electron chi connectivity index (χ1n) is 6.98. The van der Waals surface area contributed by atoms with Gasteiger partial charge in [-0.25, -0.2) is 17.9 Å². The van der Waals surface area contributed by atoms with Gasteiger partial charge in [0, 0.05) is 13.2 Å². The highest BCUT2D eigenvalue weighted by Crippen LogP contribution is 2.22. The molecular formula is C16H17NO5S. The van der Waals surface area contributed by atoms with E-state index >= 15 is 0 Å². The van der Waals surface area contributed by atoms with E-state index in [0.717, 1.165) is 11.1 Å². The summed E-state index contributed by atoms with van der Waals surface area (Å²) in [6.07, 6.45) is 0.354. The summed E-state index contributed by atoms with van der Waals surface area (Å²) in [6, 6.07) is 12.6. The van der Waals surface area contributed by atoms with Gasteiger partial charge in [0.25, 0.3) is 0 Å². The second-order valence-electron chi connectivity index (χ2n) is 4.88. The molecule has 0 amide bonds. The zero-order valence-electron chi connectivity index (χ0n) is 12.3. The molecule has 0 saturated carbocycles. The van der Waals surface area contributed by atoms with Gasteiger partial charge in [-0.3, -0.25) is 0 Å².